The summed E-state index contributed by atoms with van der Waals surface area (Å²) < 4.78 is 0.744. The minimum atomic E-state index is -0.183. The molecule has 1 heterocycles. The minimum Gasteiger partial charge on any atom is -0.312 e. The molecule has 0 unspecified atom stereocenters. The first-order valence-electron chi connectivity index (χ1n) is 5.66. The lowest BCUT2D eigenvalue weighted by molar-refractivity contribution is 0.103. The Balaban J connectivity index is 2.09. The monoisotopic (exact) mass is 323 g/mol. The van der Waals surface area contributed by atoms with E-state index in [4.69, 9.17) is 23.2 Å². The molecule has 3 rings (SSSR count). The third-order valence-electron chi connectivity index (χ3n) is 2.81. The van der Waals surface area contributed by atoms with Gasteiger partial charge in [0, 0.05) is 21.2 Å². The lowest BCUT2D eigenvalue weighted by Gasteiger charge is -2.03. The minimum absolute atomic E-state index is 0.143. The molecule has 0 bridgehead atoms. The summed E-state index contributed by atoms with van der Waals surface area (Å²) in [6.45, 7) is 0. The number of thiazole rings is 1. The van der Waals surface area contributed by atoms with Crippen LogP contribution in [0.15, 0.2) is 41.2 Å². The number of ketones is 1. The van der Waals surface area contributed by atoms with Gasteiger partial charge in [-0.25, -0.2) is 0 Å². The number of hydrogen-bond acceptors (Lipinski definition) is 3. The average molecular weight is 324 g/mol. The number of aromatic amines is 1. The van der Waals surface area contributed by atoms with Crippen LogP contribution in [0.5, 0.6) is 0 Å². The molecule has 3 aromatic rings. The molecule has 0 saturated carbocycles. The van der Waals surface area contributed by atoms with Gasteiger partial charge in [0.1, 0.15) is 0 Å². The summed E-state index contributed by atoms with van der Waals surface area (Å²) in [5.41, 5.74) is 1.64. The molecule has 0 fully saturated rings. The first kappa shape index (κ1) is 13.4. The van der Waals surface area contributed by atoms with E-state index in [2.05, 4.69) is 4.98 Å². The van der Waals surface area contributed by atoms with Gasteiger partial charge in [0.2, 0.25) is 0 Å². The smallest absolute Gasteiger partial charge is 0.305 e. The number of carbonyl (C=O) groups is 1. The predicted molar refractivity (Wildman–Crippen MR) is 82.3 cm³/mol. The highest BCUT2D eigenvalue weighted by Gasteiger charge is 2.12. The number of rotatable bonds is 2. The first-order valence-corrected chi connectivity index (χ1v) is 7.24. The van der Waals surface area contributed by atoms with Crippen LogP contribution in [0.3, 0.4) is 0 Å². The molecule has 0 aliphatic heterocycles. The maximum absolute atomic E-state index is 12.4. The number of hydrogen-bond donors (Lipinski definition) is 1. The van der Waals surface area contributed by atoms with Crippen molar-refractivity contribution >= 4 is 50.5 Å². The second-order valence-corrected chi connectivity index (χ2v) is 6.10. The lowest BCUT2D eigenvalue weighted by Crippen LogP contribution is -2.01. The zero-order valence-electron chi connectivity index (χ0n) is 9.94. The fourth-order valence-electron chi connectivity index (χ4n) is 1.94. The Labute approximate surface area is 127 Å². The van der Waals surface area contributed by atoms with E-state index in [1.165, 1.54) is 0 Å². The van der Waals surface area contributed by atoms with Gasteiger partial charge in [-0.05, 0) is 36.4 Å². The van der Waals surface area contributed by atoms with E-state index in [1.54, 1.807) is 36.4 Å². The normalized spacial score (nSPS) is 10.9. The topological polar surface area (TPSA) is 49.9 Å². The highest BCUT2D eigenvalue weighted by atomic mass is 35.5. The molecular weight excluding hydrogens is 317 g/mol. The van der Waals surface area contributed by atoms with E-state index in [1.807, 2.05) is 0 Å². The molecule has 0 saturated heterocycles. The molecule has 0 atom stereocenters. The number of carbonyl (C=O) groups excluding carboxylic acids is 1. The van der Waals surface area contributed by atoms with Gasteiger partial charge in [0.25, 0.3) is 0 Å². The van der Waals surface area contributed by atoms with Crippen LogP contribution in [-0.2, 0) is 0 Å². The average Bonchev–Trinajstić information content (AvgIpc) is 2.75. The highest BCUT2D eigenvalue weighted by Crippen LogP contribution is 2.23. The van der Waals surface area contributed by atoms with Crippen molar-refractivity contribution in [3.63, 3.8) is 0 Å². The van der Waals surface area contributed by atoms with Crippen molar-refractivity contribution in [2.45, 2.75) is 0 Å². The van der Waals surface area contributed by atoms with Gasteiger partial charge in [-0.15, -0.1) is 0 Å². The van der Waals surface area contributed by atoms with Crippen molar-refractivity contribution < 1.29 is 4.79 Å². The van der Waals surface area contributed by atoms with Crippen LogP contribution in [0.25, 0.3) is 10.2 Å². The van der Waals surface area contributed by atoms with E-state index in [0.29, 0.717) is 21.2 Å². The molecule has 0 aliphatic carbocycles. The molecular formula is C14H7Cl2NO2S. The summed E-state index contributed by atoms with van der Waals surface area (Å²) in [4.78, 5) is 26.2. The Morgan fingerprint density at radius 1 is 1.00 bits per heavy atom. The van der Waals surface area contributed by atoms with Crippen molar-refractivity contribution in [1.29, 1.82) is 0 Å². The van der Waals surface area contributed by atoms with Crippen molar-refractivity contribution in [1.82, 2.24) is 4.98 Å². The SMILES string of the molecule is O=C(c1cc(Cl)cc(Cl)c1)c1ccc2[nH]c(=O)sc2c1. The number of H-pyrrole nitrogens is 1. The maximum Gasteiger partial charge on any atom is 0.305 e. The fourth-order valence-corrected chi connectivity index (χ4v) is 3.24. The Bertz CT molecular complexity index is 862. The number of halogens is 2. The quantitative estimate of drug-likeness (QED) is 0.721. The molecule has 6 heteroatoms. The van der Waals surface area contributed by atoms with Gasteiger partial charge < -0.3 is 4.98 Å². The highest BCUT2D eigenvalue weighted by molar-refractivity contribution is 7.16. The van der Waals surface area contributed by atoms with Crippen LogP contribution in [0.1, 0.15) is 15.9 Å². The standard InChI is InChI=1S/C14H7Cl2NO2S/c15-9-3-8(4-10(16)6-9)13(18)7-1-2-11-12(5-7)20-14(19)17-11/h1-6H,(H,17,19). The third-order valence-corrected chi connectivity index (χ3v) is 4.09. The maximum atomic E-state index is 12.4. The summed E-state index contributed by atoms with van der Waals surface area (Å²) in [5.74, 6) is -0.183. The van der Waals surface area contributed by atoms with Crippen LogP contribution < -0.4 is 4.87 Å². The number of benzene rings is 2. The fraction of sp³-hybridized carbons (Fsp3) is 0. The zero-order chi connectivity index (χ0) is 14.3. The Kier molecular flexibility index (Phi) is 3.38. The van der Waals surface area contributed by atoms with Crippen molar-refractivity contribution in [3.05, 3.63) is 67.2 Å². The molecule has 0 aliphatic rings. The predicted octanol–water partition coefficient (Wildman–Crippen LogP) is 4.13. The van der Waals surface area contributed by atoms with Gasteiger partial charge in [-0.1, -0.05) is 34.5 Å². The molecule has 20 heavy (non-hydrogen) atoms. The Hall–Kier alpha value is -1.62. The zero-order valence-corrected chi connectivity index (χ0v) is 12.3. The lowest BCUT2D eigenvalue weighted by atomic mass is 10.0. The number of fused-ring (bicyclic) bond motifs is 1. The molecule has 2 aromatic carbocycles. The summed E-state index contributed by atoms with van der Waals surface area (Å²) in [5, 5.41) is 0.821. The molecule has 3 nitrogen and oxygen atoms in total. The van der Waals surface area contributed by atoms with Gasteiger partial charge in [0.05, 0.1) is 10.2 Å². The molecule has 1 aromatic heterocycles. The van der Waals surface area contributed by atoms with Crippen molar-refractivity contribution in [2.75, 3.05) is 0 Å². The van der Waals surface area contributed by atoms with Crippen molar-refractivity contribution in [3.8, 4) is 0 Å². The van der Waals surface area contributed by atoms with Gasteiger partial charge in [-0.2, -0.15) is 0 Å². The molecule has 0 amide bonds. The first-order chi connectivity index (χ1) is 9.52. The number of nitrogens with one attached hydrogen (secondary N) is 1. The molecule has 1 N–H and O–H groups in total. The summed E-state index contributed by atoms with van der Waals surface area (Å²) in [7, 11) is 0. The van der Waals surface area contributed by atoms with Gasteiger partial charge in [-0.3, -0.25) is 9.59 Å². The van der Waals surface area contributed by atoms with Crippen LogP contribution in [0.2, 0.25) is 10.0 Å². The van der Waals surface area contributed by atoms with Gasteiger partial charge in [0.15, 0.2) is 5.78 Å². The van der Waals surface area contributed by atoms with E-state index in [-0.39, 0.29) is 10.7 Å². The second-order valence-electron chi connectivity index (χ2n) is 4.21. The molecule has 100 valence electrons. The summed E-state index contributed by atoms with van der Waals surface area (Å²) >= 11 is 12.9. The van der Waals surface area contributed by atoms with E-state index < -0.39 is 0 Å². The Morgan fingerprint density at radius 3 is 2.40 bits per heavy atom. The summed E-state index contributed by atoms with van der Waals surface area (Å²) in [6, 6.07) is 9.78. The van der Waals surface area contributed by atoms with Crippen molar-refractivity contribution in [2.24, 2.45) is 0 Å². The van der Waals surface area contributed by atoms with Crippen LogP contribution >= 0.6 is 34.5 Å². The van der Waals surface area contributed by atoms with E-state index in [0.717, 1.165) is 21.6 Å². The summed E-state index contributed by atoms with van der Waals surface area (Å²) in [6.07, 6.45) is 0. The number of aromatic nitrogens is 1. The molecule has 0 radical (unpaired) electrons. The Morgan fingerprint density at radius 2 is 1.70 bits per heavy atom. The largest absolute Gasteiger partial charge is 0.312 e. The molecule has 0 spiro atoms. The van der Waals surface area contributed by atoms with Crippen LogP contribution in [0.4, 0.5) is 0 Å². The van der Waals surface area contributed by atoms with Crippen LogP contribution in [-0.4, -0.2) is 10.8 Å². The van der Waals surface area contributed by atoms with E-state index in [9.17, 15) is 9.59 Å². The van der Waals surface area contributed by atoms with Gasteiger partial charge >= 0.3 is 4.87 Å². The third kappa shape index (κ3) is 2.50. The second kappa shape index (κ2) is 5.05. The van der Waals surface area contributed by atoms with E-state index >= 15 is 0 Å². The van der Waals surface area contributed by atoms with Crippen LogP contribution in [0, 0.1) is 0 Å².